The Bertz CT molecular complexity index is 420. The van der Waals surface area contributed by atoms with Crippen LogP contribution in [0.4, 0.5) is 17.8 Å². The Morgan fingerprint density at radius 3 is 1.75 bits per heavy atom. The van der Waals surface area contributed by atoms with Crippen molar-refractivity contribution in [3.8, 4) is 0 Å². The van der Waals surface area contributed by atoms with Gasteiger partial charge < -0.3 is 16.0 Å². The molecule has 0 saturated heterocycles. The molecule has 9 heteroatoms. The number of rotatable bonds is 6. The van der Waals surface area contributed by atoms with Crippen LogP contribution in [0.25, 0.3) is 0 Å². The Kier molecular flexibility index (Phi) is 6.16. The third-order valence-corrected chi connectivity index (χ3v) is 2.29. The van der Waals surface area contributed by atoms with Crippen LogP contribution in [0.1, 0.15) is 27.7 Å². The van der Waals surface area contributed by atoms with Crippen molar-refractivity contribution in [1.29, 1.82) is 0 Å². The molecular formula is C11H22N8S. The van der Waals surface area contributed by atoms with Crippen molar-refractivity contribution in [2.45, 2.75) is 39.8 Å². The van der Waals surface area contributed by atoms with E-state index in [4.69, 9.17) is 12.2 Å². The quantitative estimate of drug-likeness (QED) is 0.388. The van der Waals surface area contributed by atoms with Crippen LogP contribution in [0.3, 0.4) is 0 Å². The SMILES string of the molecule is CNC(=S)NNc1nc(NC(C)C)nc(NC(C)C)n1. The summed E-state index contributed by atoms with van der Waals surface area (Å²) in [5, 5.41) is 9.51. The van der Waals surface area contributed by atoms with E-state index in [1.807, 2.05) is 27.7 Å². The number of nitrogens with one attached hydrogen (secondary N) is 5. The molecule has 0 spiro atoms. The topological polar surface area (TPSA) is 98.8 Å². The summed E-state index contributed by atoms with van der Waals surface area (Å²) in [5.74, 6) is 1.37. The zero-order chi connectivity index (χ0) is 15.1. The Morgan fingerprint density at radius 2 is 1.35 bits per heavy atom. The molecule has 0 saturated carbocycles. The van der Waals surface area contributed by atoms with Crippen molar-refractivity contribution in [3.05, 3.63) is 0 Å². The van der Waals surface area contributed by atoms with Gasteiger partial charge in [-0.15, -0.1) is 0 Å². The maximum absolute atomic E-state index is 4.97. The van der Waals surface area contributed by atoms with E-state index in [2.05, 4.69) is 41.8 Å². The molecule has 0 aliphatic carbocycles. The van der Waals surface area contributed by atoms with E-state index >= 15 is 0 Å². The summed E-state index contributed by atoms with van der Waals surface area (Å²) in [6.07, 6.45) is 0. The molecule has 0 aliphatic rings. The summed E-state index contributed by atoms with van der Waals surface area (Å²) in [6, 6.07) is 0.451. The highest BCUT2D eigenvalue weighted by Gasteiger charge is 2.08. The van der Waals surface area contributed by atoms with Gasteiger partial charge in [-0.25, -0.2) is 0 Å². The lowest BCUT2D eigenvalue weighted by molar-refractivity contribution is 0.841. The van der Waals surface area contributed by atoms with Gasteiger partial charge in [0.2, 0.25) is 17.8 Å². The van der Waals surface area contributed by atoms with Crippen molar-refractivity contribution in [2.24, 2.45) is 0 Å². The van der Waals surface area contributed by atoms with Crippen LogP contribution in [0, 0.1) is 0 Å². The molecule has 0 bridgehead atoms. The van der Waals surface area contributed by atoms with E-state index in [1.165, 1.54) is 0 Å². The molecule has 20 heavy (non-hydrogen) atoms. The lowest BCUT2D eigenvalue weighted by Gasteiger charge is -2.14. The number of hydrogen-bond donors (Lipinski definition) is 5. The molecule has 1 rings (SSSR count). The number of nitrogens with zero attached hydrogens (tertiary/aromatic N) is 3. The number of anilines is 3. The number of hydrazine groups is 1. The molecule has 0 aliphatic heterocycles. The van der Waals surface area contributed by atoms with Gasteiger partial charge in [0.1, 0.15) is 0 Å². The molecule has 1 aromatic heterocycles. The minimum Gasteiger partial charge on any atom is -0.364 e. The first-order valence-corrected chi connectivity index (χ1v) is 6.84. The molecule has 0 unspecified atom stereocenters. The molecule has 5 N–H and O–H groups in total. The number of hydrogen-bond acceptors (Lipinski definition) is 7. The van der Waals surface area contributed by atoms with Gasteiger partial charge in [-0.05, 0) is 39.9 Å². The molecular weight excluding hydrogens is 276 g/mol. The monoisotopic (exact) mass is 298 g/mol. The maximum Gasteiger partial charge on any atom is 0.248 e. The minimum atomic E-state index is 0.225. The fraction of sp³-hybridized carbons (Fsp3) is 0.636. The van der Waals surface area contributed by atoms with Crippen LogP contribution >= 0.6 is 12.2 Å². The van der Waals surface area contributed by atoms with Gasteiger partial charge in [0.05, 0.1) is 0 Å². The molecule has 0 aromatic carbocycles. The van der Waals surface area contributed by atoms with Crippen LogP contribution in [0.2, 0.25) is 0 Å². The van der Waals surface area contributed by atoms with E-state index in [1.54, 1.807) is 7.05 Å². The Morgan fingerprint density at radius 1 is 0.900 bits per heavy atom. The molecule has 0 fully saturated rings. The van der Waals surface area contributed by atoms with Gasteiger partial charge >= 0.3 is 0 Å². The van der Waals surface area contributed by atoms with E-state index in [0.29, 0.717) is 23.0 Å². The standard InChI is InChI=1S/C11H22N8S/c1-6(2)13-8-15-9(14-7(3)4)17-10(16-8)18-19-11(20)12-5/h6-7H,1-5H3,(H2,12,19,20)(H3,13,14,15,16,17,18). The highest BCUT2D eigenvalue weighted by molar-refractivity contribution is 7.80. The first kappa shape index (κ1) is 16.2. The van der Waals surface area contributed by atoms with Gasteiger partial charge in [0, 0.05) is 19.1 Å². The summed E-state index contributed by atoms with van der Waals surface area (Å²) in [6.45, 7) is 8.06. The summed E-state index contributed by atoms with van der Waals surface area (Å²) in [7, 11) is 1.72. The lowest BCUT2D eigenvalue weighted by atomic mass is 10.4. The first-order valence-electron chi connectivity index (χ1n) is 6.43. The molecule has 1 aromatic rings. The molecule has 0 atom stereocenters. The van der Waals surface area contributed by atoms with E-state index in [0.717, 1.165) is 0 Å². The zero-order valence-corrected chi connectivity index (χ0v) is 13.2. The summed E-state index contributed by atoms with van der Waals surface area (Å²) >= 11 is 4.97. The van der Waals surface area contributed by atoms with Crippen molar-refractivity contribution in [2.75, 3.05) is 23.1 Å². The molecule has 0 amide bonds. The second-order valence-corrected chi connectivity index (χ2v) is 5.14. The van der Waals surface area contributed by atoms with Crippen molar-refractivity contribution >= 4 is 35.2 Å². The Labute approximate surface area is 124 Å². The summed E-state index contributed by atoms with van der Waals surface area (Å²) in [5.41, 5.74) is 5.60. The normalized spacial score (nSPS) is 10.3. The molecule has 0 radical (unpaired) electrons. The number of thiocarbonyl (C=S) groups is 1. The molecule has 1 heterocycles. The van der Waals surface area contributed by atoms with Crippen LogP contribution in [-0.4, -0.2) is 39.2 Å². The van der Waals surface area contributed by atoms with Crippen molar-refractivity contribution < 1.29 is 0 Å². The van der Waals surface area contributed by atoms with Crippen LogP contribution < -0.4 is 26.8 Å². The lowest BCUT2D eigenvalue weighted by Crippen LogP contribution is -2.37. The maximum atomic E-state index is 4.97. The molecule has 8 nitrogen and oxygen atoms in total. The van der Waals surface area contributed by atoms with Gasteiger partial charge in [0.15, 0.2) is 5.11 Å². The third kappa shape index (κ3) is 5.83. The van der Waals surface area contributed by atoms with E-state index in [-0.39, 0.29) is 12.1 Å². The average molecular weight is 298 g/mol. The van der Waals surface area contributed by atoms with Crippen LogP contribution in [0.15, 0.2) is 0 Å². The third-order valence-electron chi connectivity index (χ3n) is 1.99. The van der Waals surface area contributed by atoms with Crippen LogP contribution in [-0.2, 0) is 0 Å². The second-order valence-electron chi connectivity index (χ2n) is 4.73. The zero-order valence-electron chi connectivity index (χ0n) is 12.4. The second kappa shape index (κ2) is 7.63. The van der Waals surface area contributed by atoms with E-state index in [9.17, 15) is 0 Å². The summed E-state index contributed by atoms with van der Waals surface area (Å²) < 4.78 is 0. The van der Waals surface area contributed by atoms with Gasteiger partial charge in [0.25, 0.3) is 0 Å². The van der Waals surface area contributed by atoms with Gasteiger partial charge in [-0.2, -0.15) is 15.0 Å². The van der Waals surface area contributed by atoms with Crippen molar-refractivity contribution in [3.63, 3.8) is 0 Å². The first-order chi connectivity index (χ1) is 9.40. The minimum absolute atomic E-state index is 0.225. The highest BCUT2D eigenvalue weighted by atomic mass is 32.1. The largest absolute Gasteiger partial charge is 0.364 e. The van der Waals surface area contributed by atoms with Crippen LogP contribution in [0.5, 0.6) is 0 Å². The van der Waals surface area contributed by atoms with Gasteiger partial charge in [-0.1, -0.05) is 0 Å². The predicted molar refractivity (Wildman–Crippen MR) is 85.8 cm³/mol. The van der Waals surface area contributed by atoms with Crippen molar-refractivity contribution in [1.82, 2.24) is 25.7 Å². The summed E-state index contributed by atoms with van der Waals surface area (Å²) in [4.78, 5) is 12.8. The Hall–Kier alpha value is -1.90. The highest BCUT2D eigenvalue weighted by Crippen LogP contribution is 2.10. The van der Waals surface area contributed by atoms with Gasteiger partial charge in [-0.3, -0.25) is 10.9 Å². The fourth-order valence-electron chi connectivity index (χ4n) is 1.25. The molecule has 112 valence electrons. The number of aromatic nitrogens is 3. The van der Waals surface area contributed by atoms with E-state index < -0.39 is 0 Å². The Balaban J connectivity index is 2.87. The predicted octanol–water partition coefficient (Wildman–Crippen LogP) is 0.933. The average Bonchev–Trinajstić information content (AvgIpc) is 2.34. The smallest absolute Gasteiger partial charge is 0.248 e. The fourth-order valence-corrected chi connectivity index (χ4v) is 1.30.